The Morgan fingerprint density at radius 2 is 1.76 bits per heavy atom. The molecule has 0 fully saturated rings. The van der Waals surface area contributed by atoms with Crippen molar-refractivity contribution in [2.45, 2.75) is 0 Å². The molecule has 0 heterocycles. The van der Waals surface area contributed by atoms with Crippen molar-refractivity contribution in [2.75, 3.05) is 5.32 Å². The number of carbonyl (C=O) groups excluding carboxylic acids is 1. The number of nitrogens with one attached hydrogen (secondary N) is 1. The number of halogens is 3. The highest BCUT2D eigenvalue weighted by atomic mass is 19.2. The van der Waals surface area contributed by atoms with Crippen molar-refractivity contribution in [3.63, 3.8) is 0 Å². The van der Waals surface area contributed by atoms with Crippen molar-refractivity contribution < 1.29 is 27.9 Å². The van der Waals surface area contributed by atoms with Gasteiger partial charge in [0.1, 0.15) is 0 Å². The summed E-state index contributed by atoms with van der Waals surface area (Å²) in [5.74, 6) is -7.00. The van der Waals surface area contributed by atoms with E-state index >= 15 is 0 Å². The van der Waals surface area contributed by atoms with Crippen LogP contribution in [-0.2, 0) is 9.59 Å². The standard InChI is InChI=1S/C10H6F3NO3/c11-5-1-2-6(10(13)9(5)12)14-7(15)3-4-8(16)17/h1-4H,(H,14,15)(H,16,17)/b4-3-. The highest BCUT2D eigenvalue weighted by molar-refractivity contribution is 6.02. The summed E-state index contributed by atoms with van der Waals surface area (Å²) in [5, 5.41) is 10.1. The van der Waals surface area contributed by atoms with Crippen molar-refractivity contribution in [3.05, 3.63) is 41.7 Å². The first-order valence-corrected chi connectivity index (χ1v) is 4.27. The molecule has 0 saturated heterocycles. The quantitative estimate of drug-likeness (QED) is 0.629. The summed E-state index contributed by atoms with van der Waals surface area (Å²) in [5.41, 5.74) is -0.580. The van der Waals surface area contributed by atoms with E-state index in [2.05, 4.69) is 0 Å². The normalized spacial score (nSPS) is 10.5. The number of benzene rings is 1. The topological polar surface area (TPSA) is 66.4 Å². The van der Waals surface area contributed by atoms with Gasteiger partial charge >= 0.3 is 5.97 Å². The lowest BCUT2D eigenvalue weighted by Gasteiger charge is -2.04. The molecule has 2 N–H and O–H groups in total. The average Bonchev–Trinajstić information content (AvgIpc) is 2.27. The lowest BCUT2D eigenvalue weighted by molar-refractivity contribution is -0.131. The first-order chi connectivity index (χ1) is 7.91. The van der Waals surface area contributed by atoms with Crippen molar-refractivity contribution in [1.82, 2.24) is 0 Å². The Balaban J connectivity index is 2.86. The molecule has 0 aliphatic rings. The maximum absolute atomic E-state index is 13.1. The molecule has 0 radical (unpaired) electrons. The summed E-state index contributed by atoms with van der Waals surface area (Å²) in [6.45, 7) is 0. The van der Waals surface area contributed by atoms with Gasteiger partial charge in [-0.05, 0) is 12.1 Å². The summed E-state index contributed by atoms with van der Waals surface area (Å²) >= 11 is 0. The predicted molar refractivity (Wildman–Crippen MR) is 51.7 cm³/mol. The minimum atomic E-state index is -1.72. The second kappa shape index (κ2) is 5.15. The predicted octanol–water partition coefficient (Wildman–Crippen LogP) is 1.68. The number of hydrogen-bond acceptors (Lipinski definition) is 2. The van der Waals surface area contributed by atoms with Gasteiger partial charge in [0.15, 0.2) is 17.5 Å². The van der Waals surface area contributed by atoms with Gasteiger partial charge in [0.25, 0.3) is 0 Å². The van der Waals surface area contributed by atoms with Gasteiger partial charge in [-0.1, -0.05) is 0 Å². The van der Waals surface area contributed by atoms with Crippen molar-refractivity contribution in [3.8, 4) is 0 Å². The molecule has 0 aromatic heterocycles. The fourth-order valence-corrected chi connectivity index (χ4v) is 0.944. The van der Waals surface area contributed by atoms with Gasteiger partial charge in [0, 0.05) is 12.2 Å². The second-order valence-corrected chi connectivity index (χ2v) is 2.88. The van der Waals surface area contributed by atoms with Crippen LogP contribution in [0.15, 0.2) is 24.3 Å². The fraction of sp³-hybridized carbons (Fsp3) is 0. The lowest BCUT2D eigenvalue weighted by atomic mass is 10.2. The molecule has 7 heteroatoms. The molecule has 0 atom stereocenters. The number of carbonyl (C=O) groups is 2. The van der Waals surface area contributed by atoms with Crippen LogP contribution in [0.1, 0.15) is 0 Å². The maximum atomic E-state index is 13.1. The van der Waals surface area contributed by atoms with E-state index in [-0.39, 0.29) is 0 Å². The highest BCUT2D eigenvalue weighted by Crippen LogP contribution is 2.19. The zero-order valence-corrected chi connectivity index (χ0v) is 8.21. The lowest BCUT2D eigenvalue weighted by Crippen LogP contribution is -2.11. The molecule has 0 unspecified atom stereocenters. The molecule has 1 amide bonds. The zero-order valence-electron chi connectivity index (χ0n) is 8.21. The summed E-state index contributed by atoms with van der Waals surface area (Å²) in [4.78, 5) is 21.1. The zero-order chi connectivity index (χ0) is 13.0. The molecule has 0 aliphatic heterocycles. The Kier molecular flexibility index (Phi) is 3.86. The minimum Gasteiger partial charge on any atom is -0.478 e. The van der Waals surface area contributed by atoms with Crippen LogP contribution < -0.4 is 5.32 Å². The largest absolute Gasteiger partial charge is 0.478 e. The Morgan fingerprint density at radius 1 is 1.12 bits per heavy atom. The molecule has 0 aliphatic carbocycles. The third-order valence-electron chi connectivity index (χ3n) is 1.67. The third-order valence-corrected chi connectivity index (χ3v) is 1.67. The number of carboxylic acid groups (broad SMARTS) is 1. The third kappa shape index (κ3) is 3.33. The molecule has 0 bridgehead atoms. The van der Waals surface area contributed by atoms with E-state index in [0.29, 0.717) is 18.2 Å². The Hall–Kier alpha value is -2.31. The SMILES string of the molecule is O=C(O)/C=C\C(=O)Nc1ccc(F)c(F)c1F. The minimum absolute atomic E-state index is 0.521. The Labute approximate surface area is 93.4 Å². The second-order valence-electron chi connectivity index (χ2n) is 2.88. The molecule has 90 valence electrons. The molecule has 0 spiro atoms. The summed E-state index contributed by atoms with van der Waals surface area (Å²) < 4.78 is 38.3. The van der Waals surface area contributed by atoms with Crippen molar-refractivity contribution in [1.29, 1.82) is 0 Å². The smallest absolute Gasteiger partial charge is 0.328 e. The van der Waals surface area contributed by atoms with Crippen LogP contribution in [0.25, 0.3) is 0 Å². The Bertz CT molecular complexity index is 500. The first-order valence-electron chi connectivity index (χ1n) is 4.27. The van der Waals surface area contributed by atoms with Crippen molar-refractivity contribution in [2.24, 2.45) is 0 Å². The number of carboxylic acids is 1. The van der Waals surface area contributed by atoms with Gasteiger partial charge < -0.3 is 10.4 Å². The monoisotopic (exact) mass is 245 g/mol. The van der Waals surface area contributed by atoms with E-state index in [0.717, 1.165) is 6.07 Å². The van der Waals surface area contributed by atoms with E-state index in [1.165, 1.54) is 0 Å². The Morgan fingerprint density at radius 3 is 2.35 bits per heavy atom. The van der Waals surface area contributed by atoms with Crippen LogP contribution in [-0.4, -0.2) is 17.0 Å². The number of hydrogen-bond donors (Lipinski definition) is 2. The molecular weight excluding hydrogens is 239 g/mol. The molecule has 1 aromatic rings. The van der Waals surface area contributed by atoms with Gasteiger partial charge in [0.05, 0.1) is 5.69 Å². The summed E-state index contributed by atoms with van der Waals surface area (Å²) in [6, 6.07) is 1.45. The van der Waals surface area contributed by atoms with Crippen molar-refractivity contribution >= 4 is 17.6 Å². The molecule has 1 aromatic carbocycles. The van der Waals surface area contributed by atoms with Crippen LogP contribution in [0.5, 0.6) is 0 Å². The van der Waals surface area contributed by atoms with E-state index in [4.69, 9.17) is 5.11 Å². The molecule has 1 rings (SSSR count). The van der Waals surface area contributed by atoms with Crippen LogP contribution >= 0.6 is 0 Å². The van der Waals surface area contributed by atoms with Crippen LogP contribution in [0.4, 0.5) is 18.9 Å². The molecule has 17 heavy (non-hydrogen) atoms. The number of amides is 1. The first kappa shape index (κ1) is 12.8. The van der Waals surface area contributed by atoms with Gasteiger partial charge in [-0.25, -0.2) is 18.0 Å². The van der Waals surface area contributed by atoms with Gasteiger partial charge in [-0.2, -0.15) is 0 Å². The van der Waals surface area contributed by atoms with E-state index in [9.17, 15) is 22.8 Å². The van der Waals surface area contributed by atoms with Crippen LogP contribution in [0.2, 0.25) is 0 Å². The van der Waals surface area contributed by atoms with Crippen LogP contribution in [0, 0.1) is 17.5 Å². The maximum Gasteiger partial charge on any atom is 0.328 e. The van der Waals surface area contributed by atoms with E-state index in [1.54, 1.807) is 0 Å². The van der Waals surface area contributed by atoms with E-state index < -0.39 is 35.0 Å². The van der Waals surface area contributed by atoms with E-state index in [1.807, 2.05) is 5.32 Å². The number of anilines is 1. The molecular formula is C10H6F3NO3. The molecule has 0 saturated carbocycles. The number of rotatable bonds is 3. The fourth-order valence-electron chi connectivity index (χ4n) is 0.944. The van der Waals surface area contributed by atoms with Gasteiger partial charge in [0.2, 0.25) is 5.91 Å². The average molecular weight is 245 g/mol. The summed E-state index contributed by atoms with van der Waals surface area (Å²) in [6.07, 6.45) is 1.14. The number of aliphatic carboxylic acids is 1. The highest BCUT2D eigenvalue weighted by Gasteiger charge is 2.14. The summed E-state index contributed by atoms with van der Waals surface area (Å²) in [7, 11) is 0. The van der Waals surface area contributed by atoms with Gasteiger partial charge in [-0.3, -0.25) is 4.79 Å². The van der Waals surface area contributed by atoms with Crippen LogP contribution in [0.3, 0.4) is 0 Å². The molecule has 4 nitrogen and oxygen atoms in total. The van der Waals surface area contributed by atoms with Gasteiger partial charge in [-0.15, -0.1) is 0 Å².